The first-order valence-electron chi connectivity index (χ1n) is 7.43. The molecule has 0 bridgehead atoms. The SMILES string of the molecule is CC1(CCNC(=O)[C@H](CCC(=O)O)NCCC2(C)N=N2)N=N1. The standard InChI is InChI=1S/C13H22N6O3/c1-12(16-17-12)5-7-14-9(3-4-10(20)21)11(22)15-8-6-13(2)18-19-13/h9,14H,3-8H2,1-2H3,(H,15,22)(H,20,21)/t9-/m0/s1. The molecular weight excluding hydrogens is 288 g/mol. The zero-order valence-corrected chi connectivity index (χ0v) is 12.9. The van der Waals surface area contributed by atoms with Crippen molar-refractivity contribution in [1.82, 2.24) is 10.6 Å². The summed E-state index contributed by atoms with van der Waals surface area (Å²) in [5.41, 5.74) is -0.675. The third-order valence-electron chi connectivity index (χ3n) is 3.73. The van der Waals surface area contributed by atoms with Crippen molar-refractivity contribution in [2.75, 3.05) is 13.1 Å². The molecule has 0 radical (unpaired) electrons. The summed E-state index contributed by atoms with van der Waals surface area (Å²) in [5.74, 6) is -1.11. The van der Waals surface area contributed by atoms with E-state index in [0.717, 1.165) is 0 Å². The number of carboxylic acid groups (broad SMARTS) is 1. The second-order valence-electron chi connectivity index (χ2n) is 6.06. The maximum absolute atomic E-state index is 12.2. The van der Waals surface area contributed by atoms with E-state index in [9.17, 15) is 9.59 Å². The lowest BCUT2D eigenvalue weighted by atomic mass is 10.1. The number of aliphatic carboxylic acids is 1. The molecule has 2 aliphatic rings. The molecule has 9 heteroatoms. The van der Waals surface area contributed by atoms with Crippen molar-refractivity contribution in [2.24, 2.45) is 20.5 Å². The minimum atomic E-state index is -0.915. The Bertz CT molecular complexity index is 492. The lowest BCUT2D eigenvalue weighted by molar-refractivity contribution is -0.137. The van der Waals surface area contributed by atoms with Crippen LogP contribution in [0.3, 0.4) is 0 Å². The molecule has 122 valence electrons. The molecule has 0 aliphatic carbocycles. The van der Waals surface area contributed by atoms with Crippen molar-refractivity contribution in [3.05, 3.63) is 0 Å². The molecule has 0 aromatic rings. The van der Waals surface area contributed by atoms with Gasteiger partial charge in [-0.05, 0) is 20.3 Å². The topological polar surface area (TPSA) is 128 Å². The van der Waals surface area contributed by atoms with Crippen molar-refractivity contribution in [3.63, 3.8) is 0 Å². The highest BCUT2D eigenvalue weighted by Crippen LogP contribution is 2.30. The number of carboxylic acids is 1. The number of hydrogen-bond acceptors (Lipinski definition) is 7. The van der Waals surface area contributed by atoms with E-state index in [-0.39, 0.29) is 30.1 Å². The minimum Gasteiger partial charge on any atom is -0.481 e. The number of carbonyl (C=O) groups is 2. The first-order valence-corrected chi connectivity index (χ1v) is 7.43. The highest BCUT2D eigenvalue weighted by atomic mass is 16.4. The van der Waals surface area contributed by atoms with Crippen molar-refractivity contribution in [3.8, 4) is 0 Å². The molecule has 2 aliphatic heterocycles. The third-order valence-corrected chi connectivity index (χ3v) is 3.73. The number of amides is 1. The summed E-state index contributed by atoms with van der Waals surface area (Å²) in [6.45, 7) is 4.83. The average molecular weight is 310 g/mol. The van der Waals surface area contributed by atoms with E-state index < -0.39 is 12.0 Å². The van der Waals surface area contributed by atoms with Gasteiger partial charge in [-0.25, -0.2) is 0 Å². The Morgan fingerprint density at radius 1 is 1.05 bits per heavy atom. The van der Waals surface area contributed by atoms with Gasteiger partial charge in [0.2, 0.25) is 5.91 Å². The Balaban J connectivity index is 1.71. The molecule has 1 atom stereocenters. The van der Waals surface area contributed by atoms with Gasteiger partial charge in [-0.15, -0.1) is 0 Å². The first-order chi connectivity index (χ1) is 10.3. The van der Waals surface area contributed by atoms with Gasteiger partial charge >= 0.3 is 5.97 Å². The highest BCUT2D eigenvalue weighted by molar-refractivity contribution is 5.82. The molecule has 0 aromatic heterocycles. The van der Waals surface area contributed by atoms with E-state index in [0.29, 0.717) is 25.9 Å². The molecule has 0 saturated heterocycles. The van der Waals surface area contributed by atoms with E-state index in [4.69, 9.17) is 5.11 Å². The largest absolute Gasteiger partial charge is 0.481 e. The fraction of sp³-hybridized carbons (Fsp3) is 0.846. The van der Waals surface area contributed by atoms with Crippen LogP contribution in [-0.2, 0) is 9.59 Å². The smallest absolute Gasteiger partial charge is 0.303 e. The van der Waals surface area contributed by atoms with E-state index in [1.807, 2.05) is 13.8 Å². The Kier molecular flexibility index (Phi) is 4.84. The maximum atomic E-state index is 12.2. The summed E-state index contributed by atoms with van der Waals surface area (Å²) in [6.07, 6.45) is 1.54. The number of nitrogens with one attached hydrogen (secondary N) is 2. The van der Waals surface area contributed by atoms with Crippen LogP contribution in [0.5, 0.6) is 0 Å². The van der Waals surface area contributed by atoms with Gasteiger partial charge < -0.3 is 15.7 Å². The Labute approximate surface area is 128 Å². The average Bonchev–Trinajstić information content (AvgIpc) is 3.34. The van der Waals surface area contributed by atoms with Crippen LogP contribution < -0.4 is 10.6 Å². The van der Waals surface area contributed by atoms with Crippen molar-refractivity contribution in [2.45, 2.75) is 56.9 Å². The normalized spacial score (nSPS) is 20.5. The van der Waals surface area contributed by atoms with Crippen LogP contribution in [0.2, 0.25) is 0 Å². The van der Waals surface area contributed by atoms with Crippen molar-refractivity contribution < 1.29 is 14.7 Å². The number of hydrogen-bond donors (Lipinski definition) is 3. The van der Waals surface area contributed by atoms with E-state index >= 15 is 0 Å². The molecule has 2 rings (SSSR count). The van der Waals surface area contributed by atoms with Crippen LogP contribution >= 0.6 is 0 Å². The first kappa shape index (κ1) is 16.5. The van der Waals surface area contributed by atoms with Gasteiger partial charge in [0, 0.05) is 32.4 Å². The Morgan fingerprint density at radius 3 is 2.09 bits per heavy atom. The number of nitrogens with zero attached hydrogens (tertiary/aromatic N) is 4. The molecule has 9 nitrogen and oxygen atoms in total. The van der Waals surface area contributed by atoms with Crippen molar-refractivity contribution >= 4 is 11.9 Å². The van der Waals surface area contributed by atoms with Crippen LogP contribution in [0.15, 0.2) is 20.5 Å². The van der Waals surface area contributed by atoms with Crippen LogP contribution in [0.4, 0.5) is 0 Å². The second-order valence-corrected chi connectivity index (χ2v) is 6.06. The molecular formula is C13H22N6O3. The quantitative estimate of drug-likeness (QED) is 0.527. The zero-order chi connectivity index (χ0) is 16.2. The van der Waals surface area contributed by atoms with Gasteiger partial charge in [0.15, 0.2) is 11.3 Å². The van der Waals surface area contributed by atoms with Gasteiger partial charge in [0.25, 0.3) is 0 Å². The predicted octanol–water partition coefficient (Wildman–Crippen LogP) is 1.07. The zero-order valence-electron chi connectivity index (χ0n) is 12.9. The maximum Gasteiger partial charge on any atom is 0.303 e. The molecule has 2 heterocycles. The minimum absolute atomic E-state index is 0.0561. The summed E-state index contributed by atoms with van der Waals surface area (Å²) < 4.78 is 0. The van der Waals surface area contributed by atoms with Gasteiger partial charge in [0.05, 0.1) is 6.04 Å². The van der Waals surface area contributed by atoms with Crippen LogP contribution in [0.25, 0.3) is 0 Å². The van der Waals surface area contributed by atoms with Crippen LogP contribution in [0, 0.1) is 0 Å². The molecule has 1 amide bonds. The fourth-order valence-electron chi connectivity index (χ4n) is 1.99. The molecule has 3 N–H and O–H groups in total. The molecule has 0 fully saturated rings. The van der Waals surface area contributed by atoms with E-state index in [2.05, 4.69) is 31.1 Å². The fourth-order valence-corrected chi connectivity index (χ4v) is 1.99. The summed E-state index contributed by atoms with van der Waals surface area (Å²) in [5, 5.41) is 30.2. The second kappa shape index (κ2) is 6.47. The molecule has 0 saturated carbocycles. The number of carbonyl (C=O) groups excluding carboxylic acids is 1. The summed E-state index contributed by atoms with van der Waals surface area (Å²) in [4.78, 5) is 22.9. The lowest BCUT2D eigenvalue weighted by Gasteiger charge is -2.18. The van der Waals surface area contributed by atoms with Crippen LogP contribution in [0.1, 0.15) is 39.5 Å². The monoisotopic (exact) mass is 310 g/mol. The van der Waals surface area contributed by atoms with Gasteiger partial charge in [-0.2, -0.15) is 20.5 Å². The lowest BCUT2D eigenvalue weighted by Crippen LogP contribution is -2.46. The predicted molar refractivity (Wildman–Crippen MR) is 77.4 cm³/mol. The van der Waals surface area contributed by atoms with E-state index in [1.165, 1.54) is 0 Å². The van der Waals surface area contributed by atoms with E-state index in [1.54, 1.807) is 0 Å². The van der Waals surface area contributed by atoms with Gasteiger partial charge in [-0.3, -0.25) is 9.59 Å². The molecule has 0 unspecified atom stereocenters. The highest BCUT2D eigenvalue weighted by Gasteiger charge is 2.34. The summed E-state index contributed by atoms with van der Waals surface area (Å²) >= 11 is 0. The molecule has 0 aromatic carbocycles. The molecule has 0 spiro atoms. The van der Waals surface area contributed by atoms with Gasteiger partial charge in [-0.1, -0.05) is 0 Å². The number of rotatable bonds is 11. The summed E-state index contributed by atoms with van der Waals surface area (Å²) in [6, 6.07) is -0.528. The van der Waals surface area contributed by atoms with Crippen molar-refractivity contribution in [1.29, 1.82) is 0 Å². The van der Waals surface area contributed by atoms with Crippen LogP contribution in [-0.4, -0.2) is 47.4 Å². The summed E-state index contributed by atoms with van der Waals surface area (Å²) in [7, 11) is 0. The molecule has 22 heavy (non-hydrogen) atoms. The third kappa shape index (κ3) is 5.47. The Morgan fingerprint density at radius 2 is 1.59 bits per heavy atom. The van der Waals surface area contributed by atoms with Gasteiger partial charge in [0.1, 0.15) is 0 Å². The Hall–Kier alpha value is -1.90.